The molecule has 7 heteroatoms. The molecular weight excluding hydrogens is 320 g/mol. The molecule has 0 bridgehead atoms. The van der Waals surface area contributed by atoms with Gasteiger partial charge in [0.15, 0.2) is 11.5 Å². The van der Waals surface area contributed by atoms with Gasteiger partial charge in [0.2, 0.25) is 6.79 Å². The van der Waals surface area contributed by atoms with Gasteiger partial charge in [-0.1, -0.05) is 6.92 Å². The minimum Gasteiger partial charge on any atom is -0.454 e. The maximum atomic E-state index is 12.4. The predicted octanol–water partition coefficient (Wildman–Crippen LogP) is 2.69. The highest BCUT2D eigenvalue weighted by molar-refractivity contribution is 6.02. The van der Waals surface area contributed by atoms with Crippen molar-refractivity contribution >= 4 is 17.4 Å². The molecule has 1 aromatic carbocycles. The van der Waals surface area contributed by atoms with Crippen molar-refractivity contribution in [3.05, 3.63) is 36.3 Å². The molecule has 0 radical (unpaired) electrons. The van der Waals surface area contributed by atoms with Gasteiger partial charge in [0.1, 0.15) is 11.5 Å². The van der Waals surface area contributed by atoms with Crippen molar-refractivity contribution in [3.8, 4) is 11.5 Å². The second-order valence-corrected chi connectivity index (χ2v) is 6.48. The zero-order valence-corrected chi connectivity index (χ0v) is 14.1. The smallest absolute Gasteiger partial charge is 0.275 e. The second-order valence-electron chi connectivity index (χ2n) is 6.48. The van der Waals surface area contributed by atoms with Gasteiger partial charge in [0, 0.05) is 24.8 Å². The van der Waals surface area contributed by atoms with Gasteiger partial charge in [0.05, 0.1) is 12.4 Å². The van der Waals surface area contributed by atoms with E-state index < -0.39 is 0 Å². The Bertz CT molecular complexity index is 778. The molecule has 1 atom stereocenters. The van der Waals surface area contributed by atoms with Gasteiger partial charge in [-0.25, -0.2) is 9.97 Å². The van der Waals surface area contributed by atoms with Crippen LogP contribution in [0.1, 0.15) is 30.3 Å². The molecule has 25 heavy (non-hydrogen) atoms. The summed E-state index contributed by atoms with van der Waals surface area (Å²) in [5.74, 6) is 2.48. The summed E-state index contributed by atoms with van der Waals surface area (Å²) < 4.78 is 10.6. The van der Waals surface area contributed by atoms with E-state index >= 15 is 0 Å². The van der Waals surface area contributed by atoms with E-state index in [0.29, 0.717) is 23.1 Å². The van der Waals surface area contributed by atoms with Crippen LogP contribution < -0.4 is 19.7 Å². The van der Waals surface area contributed by atoms with Crippen LogP contribution in [0.3, 0.4) is 0 Å². The topological polar surface area (TPSA) is 76.6 Å². The average molecular weight is 340 g/mol. The molecule has 2 aliphatic heterocycles. The quantitative estimate of drug-likeness (QED) is 0.926. The van der Waals surface area contributed by atoms with Crippen LogP contribution in [-0.4, -0.2) is 35.8 Å². The lowest BCUT2D eigenvalue weighted by molar-refractivity contribution is 0.102. The summed E-state index contributed by atoms with van der Waals surface area (Å²) in [6.45, 7) is 4.42. The van der Waals surface area contributed by atoms with E-state index in [2.05, 4.69) is 27.1 Å². The molecule has 7 nitrogen and oxygen atoms in total. The fraction of sp³-hybridized carbons (Fsp3) is 0.389. The molecule has 1 unspecified atom stereocenters. The van der Waals surface area contributed by atoms with Crippen molar-refractivity contribution in [1.29, 1.82) is 0 Å². The summed E-state index contributed by atoms with van der Waals surface area (Å²) in [4.78, 5) is 23.3. The van der Waals surface area contributed by atoms with Gasteiger partial charge in [0.25, 0.3) is 5.91 Å². The van der Waals surface area contributed by atoms with E-state index in [1.807, 2.05) is 0 Å². The first-order chi connectivity index (χ1) is 12.2. The molecule has 1 amide bonds. The maximum absolute atomic E-state index is 12.4. The number of nitrogens with one attached hydrogen (secondary N) is 1. The van der Waals surface area contributed by atoms with Crippen LogP contribution in [0.5, 0.6) is 11.5 Å². The number of amides is 1. The largest absolute Gasteiger partial charge is 0.454 e. The lowest BCUT2D eigenvalue weighted by Crippen LogP contribution is -2.35. The normalized spacial score (nSPS) is 18.9. The van der Waals surface area contributed by atoms with Crippen LogP contribution in [0, 0.1) is 5.92 Å². The molecule has 0 spiro atoms. The van der Waals surface area contributed by atoms with Gasteiger partial charge in [-0.05, 0) is 30.9 Å². The molecule has 2 aliphatic rings. The molecule has 1 fully saturated rings. The van der Waals surface area contributed by atoms with Crippen molar-refractivity contribution in [3.63, 3.8) is 0 Å². The molecule has 1 saturated heterocycles. The van der Waals surface area contributed by atoms with Crippen molar-refractivity contribution < 1.29 is 14.3 Å². The van der Waals surface area contributed by atoms with Crippen molar-refractivity contribution in [2.75, 3.05) is 30.1 Å². The summed E-state index contributed by atoms with van der Waals surface area (Å²) >= 11 is 0. The van der Waals surface area contributed by atoms with Crippen LogP contribution in [0.4, 0.5) is 11.5 Å². The Balaban J connectivity index is 1.43. The predicted molar refractivity (Wildman–Crippen MR) is 93.2 cm³/mol. The third-order valence-corrected chi connectivity index (χ3v) is 4.48. The first-order valence-corrected chi connectivity index (χ1v) is 8.47. The van der Waals surface area contributed by atoms with Gasteiger partial charge in [-0.2, -0.15) is 0 Å². The zero-order chi connectivity index (χ0) is 17.2. The summed E-state index contributed by atoms with van der Waals surface area (Å²) in [6, 6.07) is 5.27. The number of ether oxygens (including phenoxy) is 2. The standard InChI is InChI=1S/C18H20N4O3/c1-12-3-2-6-22(10-12)17-9-19-14(8-20-17)18(23)21-13-4-5-15-16(7-13)25-11-24-15/h4-5,7-9,12H,2-3,6,10-11H2,1H3,(H,21,23). The highest BCUT2D eigenvalue weighted by Gasteiger charge is 2.19. The molecule has 1 aromatic heterocycles. The summed E-state index contributed by atoms with van der Waals surface area (Å²) in [7, 11) is 0. The second kappa shape index (κ2) is 6.58. The molecule has 1 N–H and O–H groups in total. The van der Waals surface area contributed by atoms with Crippen LogP contribution in [-0.2, 0) is 0 Å². The third-order valence-electron chi connectivity index (χ3n) is 4.48. The number of carbonyl (C=O) groups excluding carboxylic acids is 1. The Kier molecular flexibility index (Phi) is 4.13. The van der Waals surface area contributed by atoms with E-state index in [-0.39, 0.29) is 18.4 Å². The van der Waals surface area contributed by atoms with Crippen LogP contribution in [0.15, 0.2) is 30.6 Å². The fourth-order valence-corrected chi connectivity index (χ4v) is 3.17. The van der Waals surface area contributed by atoms with E-state index in [1.165, 1.54) is 12.6 Å². The lowest BCUT2D eigenvalue weighted by Gasteiger charge is -2.31. The monoisotopic (exact) mass is 340 g/mol. The highest BCUT2D eigenvalue weighted by atomic mass is 16.7. The van der Waals surface area contributed by atoms with Crippen molar-refractivity contribution in [1.82, 2.24) is 9.97 Å². The number of anilines is 2. The minimum atomic E-state index is -0.301. The number of rotatable bonds is 3. The minimum absolute atomic E-state index is 0.203. The number of carbonyl (C=O) groups is 1. The summed E-state index contributed by atoms with van der Waals surface area (Å²) in [5.41, 5.74) is 0.913. The van der Waals surface area contributed by atoms with Crippen LogP contribution >= 0.6 is 0 Å². The number of aromatic nitrogens is 2. The third kappa shape index (κ3) is 3.35. The molecule has 0 saturated carbocycles. The molecule has 130 valence electrons. The first-order valence-electron chi connectivity index (χ1n) is 8.47. The summed E-state index contributed by atoms with van der Waals surface area (Å²) in [6.07, 6.45) is 5.61. The van der Waals surface area contributed by atoms with Crippen molar-refractivity contribution in [2.24, 2.45) is 5.92 Å². The molecular formula is C18H20N4O3. The van der Waals surface area contributed by atoms with E-state index in [4.69, 9.17) is 9.47 Å². The van der Waals surface area contributed by atoms with Crippen molar-refractivity contribution in [2.45, 2.75) is 19.8 Å². The Morgan fingerprint density at radius 2 is 2.12 bits per heavy atom. The van der Waals surface area contributed by atoms with Gasteiger partial charge in [-0.15, -0.1) is 0 Å². The molecule has 3 heterocycles. The number of piperidine rings is 1. The average Bonchev–Trinajstić information content (AvgIpc) is 3.09. The number of hydrogen-bond acceptors (Lipinski definition) is 6. The first kappa shape index (κ1) is 15.7. The van der Waals surface area contributed by atoms with Gasteiger partial charge in [-0.3, -0.25) is 4.79 Å². The van der Waals surface area contributed by atoms with Gasteiger partial charge >= 0.3 is 0 Å². The van der Waals surface area contributed by atoms with E-state index in [1.54, 1.807) is 24.4 Å². The molecule has 0 aliphatic carbocycles. The summed E-state index contributed by atoms with van der Waals surface area (Å²) in [5, 5.41) is 2.80. The Morgan fingerprint density at radius 1 is 1.24 bits per heavy atom. The fourth-order valence-electron chi connectivity index (χ4n) is 3.17. The van der Waals surface area contributed by atoms with Crippen LogP contribution in [0.25, 0.3) is 0 Å². The Hall–Kier alpha value is -2.83. The molecule has 2 aromatic rings. The van der Waals surface area contributed by atoms with Crippen LogP contribution in [0.2, 0.25) is 0 Å². The number of nitrogens with zero attached hydrogens (tertiary/aromatic N) is 3. The Labute approximate surface area is 146 Å². The van der Waals surface area contributed by atoms with E-state index in [0.717, 1.165) is 25.3 Å². The number of fused-ring (bicyclic) bond motifs is 1. The lowest BCUT2D eigenvalue weighted by atomic mass is 10.0. The maximum Gasteiger partial charge on any atom is 0.275 e. The zero-order valence-electron chi connectivity index (χ0n) is 14.1. The highest BCUT2D eigenvalue weighted by Crippen LogP contribution is 2.34. The molecule has 4 rings (SSSR count). The number of hydrogen-bond donors (Lipinski definition) is 1. The Morgan fingerprint density at radius 3 is 2.92 bits per heavy atom. The number of benzene rings is 1. The van der Waals surface area contributed by atoms with E-state index in [9.17, 15) is 4.79 Å². The van der Waals surface area contributed by atoms with Gasteiger partial charge < -0.3 is 19.7 Å². The SMILES string of the molecule is CC1CCCN(c2cnc(C(=O)Nc3ccc4c(c3)OCO4)cn2)C1.